The van der Waals surface area contributed by atoms with Crippen LogP contribution in [-0.2, 0) is 6.42 Å². The third kappa shape index (κ3) is 3.46. The van der Waals surface area contributed by atoms with Crippen molar-refractivity contribution >= 4 is 15.9 Å². The van der Waals surface area contributed by atoms with E-state index >= 15 is 0 Å². The molecule has 0 spiro atoms. The largest absolute Gasteiger partial charge is 0.309 e. The minimum Gasteiger partial charge on any atom is -0.309 e. The molecule has 0 bridgehead atoms. The summed E-state index contributed by atoms with van der Waals surface area (Å²) >= 11 is 3.63. The summed E-state index contributed by atoms with van der Waals surface area (Å²) in [7, 11) is 0. The summed E-state index contributed by atoms with van der Waals surface area (Å²) in [5.74, 6) is 0. The van der Waals surface area contributed by atoms with Crippen LogP contribution < -0.4 is 5.32 Å². The Bertz CT molecular complexity index is 536. The number of aromatic nitrogens is 3. The second kappa shape index (κ2) is 6.99. The van der Waals surface area contributed by atoms with Crippen LogP contribution in [0, 0.1) is 0 Å². The number of halogens is 1. The Balaban J connectivity index is 2.31. The molecule has 2 heterocycles. The molecule has 0 fully saturated rings. The van der Waals surface area contributed by atoms with Crippen molar-refractivity contribution in [2.75, 3.05) is 6.54 Å². The maximum atomic E-state index is 4.47. The molecule has 2 rings (SSSR count). The molecule has 0 aliphatic carbocycles. The first-order chi connectivity index (χ1) is 9.63. The molecule has 0 aromatic carbocycles. The molecule has 108 valence electrons. The van der Waals surface area contributed by atoms with Crippen molar-refractivity contribution in [2.24, 2.45) is 0 Å². The molecule has 0 aliphatic heterocycles. The van der Waals surface area contributed by atoms with Crippen molar-refractivity contribution in [3.8, 4) is 0 Å². The molecule has 5 heteroatoms. The number of likely N-dealkylation sites (N-methyl/N-ethyl adjacent to an activating group) is 1. The number of nitrogens with one attached hydrogen (secondary N) is 1. The van der Waals surface area contributed by atoms with E-state index in [1.165, 1.54) is 11.3 Å². The molecule has 0 radical (unpaired) electrons. The lowest BCUT2D eigenvalue weighted by atomic mass is 10.0. The minimum absolute atomic E-state index is 0.225. The molecule has 0 saturated heterocycles. The summed E-state index contributed by atoms with van der Waals surface area (Å²) in [6, 6.07) is 4.66. The standard InChI is InChI=1S/C15H21BrN4/c1-4-18-14(8-12-6-5-7-17-9-12)15-13(16)10-19-20(15)11(2)3/h5-7,9-11,14,18H,4,8H2,1-3H3. The van der Waals surface area contributed by atoms with E-state index in [4.69, 9.17) is 0 Å². The zero-order valence-corrected chi connectivity index (χ0v) is 13.8. The zero-order valence-electron chi connectivity index (χ0n) is 12.2. The summed E-state index contributed by atoms with van der Waals surface area (Å²) in [6.07, 6.45) is 6.51. The first-order valence-electron chi connectivity index (χ1n) is 6.98. The highest BCUT2D eigenvalue weighted by Gasteiger charge is 2.21. The average molecular weight is 337 g/mol. The van der Waals surface area contributed by atoms with E-state index in [1.54, 1.807) is 6.20 Å². The smallest absolute Gasteiger partial charge is 0.0702 e. The zero-order chi connectivity index (χ0) is 14.5. The van der Waals surface area contributed by atoms with E-state index in [9.17, 15) is 0 Å². The Hall–Kier alpha value is -1.20. The highest BCUT2D eigenvalue weighted by Crippen LogP contribution is 2.28. The highest BCUT2D eigenvalue weighted by atomic mass is 79.9. The summed E-state index contributed by atoms with van der Waals surface area (Å²) in [5, 5.41) is 8.03. The van der Waals surface area contributed by atoms with Gasteiger partial charge in [0.05, 0.1) is 22.4 Å². The van der Waals surface area contributed by atoms with E-state index in [0.717, 1.165) is 17.4 Å². The van der Waals surface area contributed by atoms with Gasteiger partial charge in [0, 0.05) is 18.4 Å². The lowest BCUT2D eigenvalue weighted by Gasteiger charge is -2.22. The van der Waals surface area contributed by atoms with E-state index in [0.29, 0.717) is 6.04 Å². The van der Waals surface area contributed by atoms with Crippen molar-refractivity contribution in [1.82, 2.24) is 20.1 Å². The van der Waals surface area contributed by atoms with Crippen molar-refractivity contribution in [1.29, 1.82) is 0 Å². The van der Waals surface area contributed by atoms with E-state index in [1.807, 2.05) is 18.5 Å². The normalized spacial score (nSPS) is 12.8. The van der Waals surface area contributed by atoms with Crippen LogP contribution in [0.15, 0.2) is 35.2 Å². The molecular weight excluding hydrogens is 316 g/mol. The number of hydrogen-bond acceptors (Lipinski definition) is 3. The van der Waals surface area contributed by atoms with Crippen LogP contribution in [0.3, 0.4) is 0 Å². The van der Waals surface area contributed by atoms with Gasteiger partial charge in [-0.05, 0) is 54.4 Å². The van der Waals surface area contributed by atoms with Gasteiger partial charge >= 0.3 is 0 Å². The topological polar surface area (TPSA) is 42.7 Å². The predicted octanol–water partition coefficient (Wildman–Crippen LogP) is 3.51. The Labute approximate surface area is 128 Å². The fourth-order valence-corrected chi connectivity index (χ4v) is 2.90. The van der Waals surface area contributed by atoms with Gasteiger partial charge in [0.2, 0.25) is 0 Å². The lowest BCUT2D eigenvalue weighted by Crippen LogP contribution is -2.26. The van der Waals surface area contributed by atoms with Gasteiger partial charge in [0.1, 0.15) is 0 Å². The van der Waals surface area contributed by atoms with Crippen molar-refractivity contribution in [3.05, 3.63) is 46.5 Å². The highest BCUT2D eigenvalue weighted by molar-refractivity contribution is 9.10. The van der Waals surface area contributed by atoms with Crippen LogP contribution in [0.2, 0.25) is 0 Å². The molecule has 0 aliphatic rings. The summed E-state index contributed by atoms with van der Waals surface area (Å²) in [5.41, 5.74) is 2.42. The number of rotatable bonds is 6. The van der Waals surface area contributed by atoms with Gasteiger partial charge < -0.3 is 5.32 Å². The fourth-order valence-electron chi connectivity index (χ4n) is 2.35. The third-order valence-corrected chi connectivity index (χ3v) is 3.83. The van der Waals surface area contributed by atoms with E-state index in [-0.39, 0.29) is 6.04 Å². The first-order valence-corrected chi connectivity index (χ1v) is 7.78. The molecule has 4 nitrogen and oxygen atoms in total. The number of nitrogens with zero attached hydrogens (tertiary/aromatic N) is 3. The third-order valence-electron chi connectivity index (χ3n) is 3.22. The molecule has 0 amide bonds. The van der Waals surface area contributed by atoms with Crippen LogP contribution in [0.25, 0.3) is 0 Å². The maximum Gasteiger partial charge on any atom is 0.0702 e. The number of pyridine rings is 1. The molecule has 1 unspecified atom stereocenters. The molecule has 20 heavy (non-hydrogen) atoms. The second-order valence-electron chi connectivity index (χ2n) is 5.09. The summed E-state index contributed by atoms with van der Waals surface area (Å²) < 4.78 is 3.13. The lowest BCUT2D eigenvalue weighted by molar-refractivity contribution is 0.446. The van der Waals surface area contributed by atoms with Crippen LogP contribution in [-0.4, -0.2) is 21.3 Å². The van der Waals surface area contributed by atoms with Crippen LogP contribution in [0.5, 0.6) is 0 Å². The van der Waals surface area contributed by atoms with E-state index in [2.05, 4.69) is 62.8 Å². The monoisotopic (exact) mass is 336 g/mol. The molecule has 2 aromatic rings. The molecule has 2 aromatic heterocycles. The Morgan fingerprint density at radius 3 is 2.75 bits per heavy atom. The van der Waals surface area contributed by atoms with Gasteiger partial charge in [-0.15, -0.1) is 0 Å². The second-order valence-corrected chi connectivity index (χ2v) is 5.95. The quantitative estimate of drug-likeness (QED) is 0.877. The van der Waals surface area contributed by atoms with Gasteiger partial charge in [-0.25, -0.2) is 0 Å². The van der Waals surface area contributed by atoms with Gasteiger partial charge in [0.15, 0.2) is 0 Å². The van der Waals surface area contributed by atoms with Crippen LogP contribution >= 0.6 is 15.9 Å². The maximum absolute atomic E-state index is 4.47. The van der Waals surface area contributed by atoms with Crippen LogP contribution in [0.4, 0.5) is 0 Å². The Kier molecular flexibility index (Phi) is 5.31. The molecule has 0 saturated carbocycles. The summed E-state index contributed by atoms with van der Waals surface area (Å²) in [4.78, 5) is 4.20. The van der Waals surface area contributed by atoms with Crippen molar-refractivity contribution < 1.29 is 0 Å². The van der Waals surface area contributed by atoms with Gasteiger partial charge in [-0.2, -0.15) is 5.10 Å². The summed E-state index contributed by atoms with van der Waals surface area (Å²) in [6.45, 7) is 7.34. The first kappa shape index (κ1) is 15.2. The number of hydrogen-bond donors (Lipinski definition) is 1. The van der Waals surface area contributed by atoms with Crippen LogP contribution in [0.1, 0.15) is 44.1 Å². The SMILES string of the molecule is CCNC(Cc1cccnc1)c1c(Br)cnn1C(C)C. The average Bonchev–Trinajstić information content (AvgIpc) is 2.81. The Morgan fingerprint density at radius 1 is 1.35 bits per heavy atom. The van der Waals surface area contributed by atoms with Crippen molar-refractivity contribution in [3.63, 3.8) is 0 Å². The molecular formula is C15H21BrN4. The molecule has 1 atom stereocenters. The minimum atomic E-state index is 0.225. The molecule has 1 N–H and O–H groups in total. The Morgan fingerprint density at radius 2 is 2.15 bits per heavy atom. The fraction of sp³-hybridized carbons (Fsp3) is 0.467. The van der Waals surface area contributed by atoms with Gasteiger partial charge in [0.25, 0.3) is 0 Å². The van der Waals surface area contributed by atoms with Gasteiger partial charge in [-0.3, -0.25) is 9.67 Å². The van der Waals surface area contributed by atoms with Crippen molar-refractivity contribution in [2.45, 2.75) is 39.3 Å². The van der Waals surface area contributed by atoms with Gasteiger partial charge in [-0.1, -0.05) is 13.0 Å². The predicted molar refractivity (Wildman–Crippen MR) is 84.7 cm³/mol. The van der Waals surface area contributed by atoms with E-state index < -0.39 is 0 Å².